The van der Waals surface area contributed by atoms with Gasteiger partial charge in [0, 0.05) is 10.0 Å². The number of ether oxygens (including phenoxy) is 1. The van der Waals surface area contributed by atoms with Crippen LogP contribution in [0.5, 0.6) is 0 Å². The molecule has 5 heteroatoms. The predicted molar refractivity (Wildman–Crippen MR) is 58.1 cm³/mol. The fourth-order valence-corrected chi connectivity index (χ4v) is 1.68. The molecule has 1 unspecified atom stereocenters. The van der Waals surface area contributed by atoms with Gasteiger partial charge in [-0.3, -0.25) is 0 Å². The van der Waals surface area contributed by atoms with Crippen LogP contribution in [0.2, 0.25) is 0 Å². The molecule has 1 aromatic carbocycles. The Kier molecular flexibility index (Phi) is 2.73. The van der Waals surface area contributed by atoms with E-state index in [0.717, 1.165) is 10.0 Å². The third kappa shape index (κ3) is 2.18. The van der Waals surface area contributed by atoms with Gasteiger partial charge >= 0.3 is 5.97 Å². The van der Waals surface area contributed by atoms with Crippen LogP contribution in [-0.4, -0.2) is 29.6 Å². The van der Waals surface area contributed by atoms with Crippen LogP contribution in [0.3, 0.4) is 0 Å². The minimum Gasteiger partial charge on any atom is -0.478 e. The van der Waals surface area contributed by atoms with E-state index in [-0.39, 0.29) is 6.54 Å². The van der Waals surface area contributed by atoms with E-state index in [2.05, 4.69) is 20.9 Å². The summed E-state index contributed by atoms with van der Waals surface area (Å²) < 4.78 is 6.10. The number of halogens is 1. The number of carboxylic acids is 1. The number of hydrogen-bond acceptors (Lipinski definition) is 3. The minimum atomic E-state index is -0.983. The summed E-state index contributed by atoms with van der Waals surface area (Å²) in [6, 6.07) is 7.39. The van der Waals surface area contributed by atoms with Crippen molar-refractivity contribution < 1.29 is 14.6 Å². The monoisotopic (exact) mass is 269 g/mol. The fraction of sp³-hybridized carbons (Fsp3) is 0.200. The van der Waals surface area contributed by atoms with Gasteiger partial charge in [0.2, 0.25) is 12.0 Å². The number of rotatable bonds is 2. The van der Waals surface area contributed by atoms with E-state index < -0.39 is 12.1 Å². The molecule has 0 aliphatic carbocycles. The van der Waals surface area contributed by atoms with Gasteiger partial charge in [-0.25, -0.2) is 9.79 Å². The lowest BCUT2D eigenvalue weighted by Gasteiger charge is -2.06. The summed E-state index contributed by atoms with van der Waals surface area (Å²) in [6.07, 6.45) is -0.848. The summed E-state index contributed by atoms with van der Waals surface area (Å²) in [5.41, 5.74) is 0.785. The van der Waals surface area contributed by atoms with Crippen molar-refractivity contribution in [2.75, 3.05) is 6.54 Å². The van der Waals surface area contributed by atoms with Gasteiger partial charge in [0.15, 0.2) is 0 Å². The zero-order valence-electron chi connectivity index (χ0n) is 7.68. The highest BCUT2D eigenvalue weighted by atomic mass is 79.9. The van der Waals surface area contributed by atoms with E-state index in [0.29, 0.717) is 5.90 Å². The molecule has 1 aliphatic heterocycles. The van der Waals surface area contributed by atoms with E-state index in [9.17, 15) is 4.79 Å². The summed E-state index contributed by atoms with van der Waals surface area (Å²) in [4.78, 5) is 14.7. The Morgan fingerprint density at radius 3 is 3.00 bits per heavy atom. The molecule has 4 nitrogen and oxygen atoms in total. The second-order valence-electron chi connectivity index (χ2n) is 3.10. The molecule has 15 heavy (non-hydrogen) atoms. The molecular formula is C10H8BrNO3. The van der Waals surface area contributed by atoms with Gasteiger partial charge in [-0.2, -0.15) is 0 Å². The third-order valence-electron chi connectivity index (χ3n) is 2.00. The van der Waals surface area contributed by atoms with E-state index in [1.165, 1.54) is 0 Å². The Labute approximate surface area is 94.7 Å². The number of hydrogen-bond donors (Lipinski definition) is 1. The molecule has 1 heterocycles. The number of carboxylic acid groups (broad SMARTS) is 1. The van der Waals surface area contributed by atoms with Crippen molar-refractivity contribution in [1.29, 1.82) is 0 Å². The van der Waals surface area contributed by atoms with Crippen LogP contribution < -0.4 is 0 Å². The lowest BCUT2D eigenvalue weighted by molar-refractivity contribution is -0.144. The van der Waals surface area contributed by atoms with Crippen molar-refractivity contribution in [3.63, 3.8) is 0 Å². The molecule has 0 spiro atoms. The average Bonchev–Trinajstić information content (AvgIpc) is 2.66. The van der Waals surface area contributed by atoms with Gasteiger partial charge in [-0.15, -0.1) is 0 Å². The van der Waals surface area contributed by atoms with Gasteiger partial charge in [-0.1, -0.05) is 22.0 Å². The topological polar surface area (TPSA) is 58.9 Å². The van der Waals surface area contributed by atoms with Gasteiger partial charge in [0.25, 0.3) is 0 Å². The summed E-state index contributed by atoms with van der Waals surface area (Å²) in [7, 11) is 0. The Morgan fingerprint density at radius 1 is 1.60 bits per heavy atom. The predicted octanol–water partition coefficient (Wildman–Crippen LogP) is 1.68. The first-order valence-electron chi connectivity index (χ1n) is 4.36. The van der Waals surface area contributed by atoms with Crippen molar-refractivity contribution in [1.82, 2.24) is 0 Å². The molecule has 0 aromatic heterocycles. The summed E-state index contributed by atoms with van der Waals surface area (Å²) in [5.74, 6) is -0.590. The van der Waals surface area contributed by atoms with Crippen LogP contribution in [0.1, 0.15) is 5.56 Å². The second kappa shape index (κ2) is 4.02. The molecule has 1 N–H and O–H groups in total. The number of carbonyl (C=O) groups is 1. The molecule has 78 valence electrons. The Bertz CT molecular complexity index is 430. The number of aliphatic carboxylic acids is 1. The molecule has 0 amide bonds. The first kappa shape index (κ1) is 10.2. The average molecular weight is 270 g/mol. The molecule has 1 atom stereocenters. The molecule has 0 saturated heterocycles. The second-order valence-corrected chi connectivity index (χ2v) is 4.02. The van der Waals surface area contributed by atoms with Crippen molar-refractivity contribution in [3.05, 3.63) is 34.3 Å². The number of benzene rings is 1. The van der Waals surface area contributed by atoms with Gasteiger partial charge in [0.05, 0.1) is 6.54 Å². The summed E-state index contributed by atoms with van der Waals surface area (Å²) in [5, 5.41) is 8.72. The maximum atomic E-state index is 10.6. The number of aliphatic imine (C=N–C) groups is 1. The molecule has 0 saturated carbocycles. The molecular weight excluding hydrogens is 262 g/mol. The number of nitrogens with zero attached hydrogens (tertiary/aromatic N) is 1. The Morgan fingerprint density at radius 2 is 2.40 bits per heavy atom. The first-order chi connectivity index (χ1) is 7.16. The highest BCUT2D eigenvalue weighted by Gasteiger charge is 2.26. The highest BCUT2D eigenvalue weighted by Crippen LogP contribution is 2.16. The van der Waals surface area contributed by atoms with Crippen LogP contribution in [0.4, 0.5) is 0 Å². The molecule has 0 fully saturated rings. The van der Waals surface area contributed by atoms with Gasteiger partial charge in [0.1, 0.15) is 0 Å². The fourth-order valence-electron chi connectivity index (χ4n) is 1.28. The molecule has 1 aromatic rings. The van der Waals surface area contributed by atoms with Gasteiger partial charge < -0.3 is 9.84 Å². The van der Waals surface area contributed by atoms with Crippen molar-refractivity contribution in [2.45, 2.75) is 6.10 Å². The highest BCUT2D eigenvalue weighted by molar-refractivity contribution is 9.10. The first-order valence-corrected chi connectivity index (χ1v) is 5.16. The van der Waals surface area contributed by atoms with Crippen LogP contribution in [0.25, 0.3) is 0 Å². The van der Waals surface area contributed by atoms with Crippen LogP contribution in [0, 0.1) is 0 Å². The summed E-state index contributed by atoms with van der Waals surface area (Å²) in [6.45, 7) is 0.178. The van der Waals surface area contributed by atoms with Crippen molar-refractivity contribution in [3.8, 4) is 0 Å². The molecule has 1 aliphatic rings. The van der Waals surface area contributed by atoms with Crippen LogP contribution >= 0.6 is 15.9 Å². The van der Waals surface area contributed by atoms with Gasteiger partial charge in [-0.05, 0) is 18.2 Å². The van der Waals surface area contributed by atoms with Crippen LogP contribution in [0.15, 0.2) is 33.7 Å². The van der Waals surface area contributed by atoms with E-state index in [1.807, 2.05) is 24.3 Å². The maximum absolute atomic E-state index is 10.6. The quantitative estimate of drug-likeness (QED) is 0.889. The van der Waals surface area contributed by atoms with E-state index in [1.54, 1.807) is 0 Å². The largest absolute Gasteiger partial charge is 0.478 e. The van der Waals surface area contributed by atoms with Crippen LogP contribution in [-0.2, 0) is 9.53 Å². The van der Waals surface area contributed by atoms with E-state index in [4.69, 9.17) is 9.84 Å². The Hall–Kier alpha value is -1.36. The SMILES string of the molecule is O=C(O)C1CN=C(c2cccc(Br)c2)O1. The lowest BCUT2D eigenvalue weighted by Crippen LogP contribution is -2.23. The van der Waals surface area contributed by atoms with Crippen molar-refractivity contribution >= 4 is 27.8 Å². The van der Waals surface area contributed by atoms with Crippen molar-refractivity contribution in [2.24, 2.45) is 4.99 Å². The standard InChI is InChI=1S/C10H8BrNO3/c11-7-3-1-2-6(4-7)9-12-5-8(15-9)10(13)14/h1-4,8H,5H2,(H,13,14). The zero-order chi connectivity index (χ0) is 10.8. The lowest BCUT2D eigenvalue weighted by atomic mass is 10.2. The summed E-state index contributed by atoms with van der Waals surface area (Å²) >= 11 is 3.33. The smallest absolute Gasteiger partial charge is 0.346 e. The maximum Gasteiger partial charge on any atom is 0.346 e. The normalized spacial score (nSPS) is 19.5. The molecule has 0 radical (unpaired) electrons. The van der Waals surface area contributed by atoms with E-state index >= 15 is 0 Å². The molecule has 0 bridgehead atoms. The zero-order valence-corrected chi connectivity index (χ0v) is 9.27. The Balaban J connectivity index is 2.17. The third-order valence-corrected chi connectivity index (χ3v) is 2.49. The minimum absolute atomic E-state index is 0.178. The molecule has 2 rings (SSSR count).